The number of carbonyl (C=O) groups excluding carboxylic acids is 1. The van der Waals surface area contributed by atoms with Gasteiger partial charge in [0.25, 0.3) is 0 Å². The summed E-state index contributed by atoms with van der Waals surface area (Å²) in [5, 5.41) is 0.644. The van der Waals surface area contributed by atoms with Gasteiger partial charge in [0.1, 0.15) is 0 Å². The predicted octanol–water partition coefficient (Wildman–Crippen LogP) is 2.06. The van der Waals surface area contributed by atoms with E-state index in [-0.39, 0.29) is 19.0 Å². The molecular formula is C11H9ClO2. The van der Waals surface area contributed by atoms with Gasteiger partial charge in [0.15, 0.2) is 6.61 Å². The predicted molar refractivity (Wildman–Crippen MR) is 54.9 cm³/mol. The molecule has 0 saturated heterocycles. The number of ether oxygens (including phenoxy) is 1. The van der Waals surface area contributed by atoms with E-state index < -0.39 is 0 Å². The number of rotatable bonds is 3. The standard InChI is InChI=1S/C11H9ClO2/c1-2-7-14-11(13)8-9-3-5-10(12)6-4-9/h1,3-6H,7-8H2. The van der Waals surface area contributed by atoms with Gasteiger partial charge in [0.2, 0.25) is 0 Å². The minimum Gasteiger partial charge on any atom is -0.452 e. The average molecular weight is 209 g/mol. The molecule has 1 aromatic carbocycles. The van der Waals surface area contributed by atoms with Crippen LogP contribution in [0, 0.1) is 12.3 Å². The number of hydrogen-bond donors (Lipinski definition) is 0. The fraction of sp³-hybridized carbons (Fsp3) is 0.182. The van der Waals surface area contributed by atoms with Gasteiger partial charge in [-0.3, -0.25) is 4.79 Å². The lowest BCUT2D eigenvalue weighted by Crippen LogP contribution is -2.07. The lowest BCUT2D eigenvalue weighted by Gasteiger charge is -2.01. The largest absolute Gasteiger partial charge is 0.452 e. The average Bonchev–Trinajstić information content (AvgIpc) is 2.18. The smallest absolute Gasteiger partial charge is 0.311 e. The van der Waals surface area contributed by atoms with Crippen LogP contribution >= 0.6 is 11.6 Å². The van der Waals surface area contributed by atoms with Crippen molar-refractivity contribution in [1.29, 1.82) is 0 Å². The maximum Gasteiger partial charge on any atom is 0.311 e. The second kappa shape index (κ2) is 5.31. The number of terminal acetylenes is 1. The van der Waals surface area contributed by atoms with Gasteiger partial charge in [-0.1, -0.05) is 29.7 Å². The maximum absolute atomic E-state index is 11.1. The molecule has 1 aromatic rings. The van der Waals surface area contributed by atoms with Crippen molar-refractivity contribution in [2.45, 2.75) is 6.42 Å². The van der Waals surface area contributed by atoms with E-state index in [9.17, 15) is 4.79 Å². The highest BCUT2D eigenvalue weighted by Crippen LogP contribution is 2.10. The first-order valence-corrected chi connectivity index (χ1v) is 4.43. The van der Waals surface area contributed by atoms with Gasteiger partial charge in [-0.15, -0.1) is 6.42 Å². The van der Waals surface area contributed by atoms with Crippen LogP contribution in [0.25, 0.3) is 0 Å². The fourth-order valence-electron chi connectivity index (χ4n) is 0.942. The van der Waals surface area contributed by atoms with Crippen LogP contribution in [-0.2, 0) is 16.0 Å². The third-order valence-corrected chi connectivity index (χ3v) is 1.83. The van der Waals surface area contributed by atoms with Crippen LogP contribution in [0.3, 0.4) is 0 Å². The van der Waals surface area contributed by atoms with Crippen molar-refractivity contribution in [3.63, 3.8) is 0 Å². The molecule has 0 spiro atoms. The Kier molecular flexibility index (Phi) is 4.03. The highest BCUT2D eigenvalue weighted by Gasteiger charge is 2.03. The monoisotopic (exact) mass is 208 g/mol. The molecule has 1 rings (SSSR count). The van der Waals surface area contributed by atoms with Crippen LogP contribution in [0.5, 0.6) is 0 Å². The third kappa shape index (κ3) is 3.51. The summed E-state index contributed by atoms with van der Waals surface area (Å²) in [6.07, 6.45) is 5.17. The Balaban J connectivity index is 2.49. The fourth-order valence-corrected chi connectivity index (χ4v) is 1.07. The quantitative estimate of drug-likeness (QED) is 0.562. The van der Waals surface area contributed by atoms with Crippen LogP contribution in [-0.4, -0.2) is 12.6 Å². The first-order valence-electron chi connectivity index (χ1n) is 4.06. The Hall–Kier alpha value is -1.46. The molecular weight excluding hydrogens is 200 g/mol. The van der Waals surface area contributed by atoms with E-state index in [1.165, 1.54) is 0 Å². The number of benzene rings is 1. The minimum absolute atomic E-state index is 0.0203. The van der Waals surface area contributed by atoms with Gasteiger partial charge in [-0.25, -0.2) is 0 Å². The van der Waals surface area contributed by atoms with Crippen LogP contribution in [0.2, 0.25) is 5.02 Å². The van der Waals surface area contributed by atoms with Crippen molar-refractivity contribution >= 4 is 17.6 Å². The minimum atomic E-state index is -0.328. The first-order chi connectivity index (χ1) is 6.72. The molecule has 0 amide bonds. The number of esters is 1. The summed E-state index contributed by atoms with van der Waals surface area (Å²) in [5.74, 6) is 1.90. The van der Waals surface area contributed by atoms with Crippen molar-refractivity contribution < 1.29 is 9.53 Å². The summed E-state index contributed by atoms with van der Waals surface area (Å²) in [5.41, 5.74) is 0.858. The van der Waals surface area contributed by atoms with E-state index >= 15 is 0 Å². The Labute approximate surface area is 87.8 Å². The lowest BCUT2D eigenvalue weighted by molar-refractivity contribution is -0.141. The molecule has 0 heterocycles. The molecule has 0 N–H and O–H groups in total. The molecule has 0 aliphatic carbocycles. The van der Waals surface area contributed by atoms with Crippen molar-refractivity contribution in [1.82, 2.24) is 0 Å². The van der Waals surface area contributed by atoms with E-state index in [4.69, 9.17) is 22.8 Å². The van der Waals surface area contributed by atoms with Gasteiger partial charge >= 0.3 is 5.97 Å². The molecule has 0 fully saturated rings. The Morgan fingerprint density at radius 3 is 2.64 bits per heavy atom. The molecule has 0 radical (unpaired) electrons. The highest BCUT2D eigenvalue weighted by molar-refractivity contribution is 6.30. The van der Waals surface area contributed by atoms with Crippen molar-refractivity contribution in [3.8, 4) is 12.3 Å². The normalized spacial score (nSPS) is 9.14. The first kappa shape index (κ1) is 10.6. The van der Waals surface area contributed by atoms with Crippen LogP contribution in [0.1, 0.15) is 5.56 Å². The van der Waals surface area contributed by atoms with E-state index in [2.05, 4.69) is 5.92 Å². The summed E-state index contributed by atoms with van der Waals surface area (Å²) in [7, 11) is 0. The zero-order chi connectivity index (χ0) is 10.4. The van der Waals surface area contributed by atoms with Gasteiger partial charge in [-0.2, -0.15) is 0 Å². The lowest BCUT2D eigenvalue weighted by atomic mass is 10.2. The van der Waals surface area contributed by atoms with Gasteiger partial charge in [0, 0.05) is 5.02 Å². The zero-order valence-electron chi connectivity index (χ0n) is 7.50. The summed E-state index contributed by atoms with van der Waals surface area (Å²) < 4.78 is 4.72. The summed E-state index contributed by atoms with van der Waals surface area (Å²) in [6.45, 7) is 0.0203. The van der Waals surface area contributed by atoms with Gasteiger partial charge in [-0.05, 0) is 17.7 Å². The Morgan fingerprint density at radius 2 is 2.07 bits per heavy atom. The van der Waals surface area contributed by atoms with E-state index in [1.54, 1.807) is 24.3 Å². The molecule has 0 aromatic heterocycles. The molecule has 0 bridgehead atoms. The number of halogens is 1. The molecule has 0 unspecified atom stereocenters. The van der Waals surface area contributed by atoms with E-state index in [0.717, 1.165) is 5.56 Å². The number of carbonyl (C=O) groups is 1. The van der Waals surface area contributed by atoms with Crippen LogP contribution in [0.15, 0.2) is 24.3 Å². The molecule has 0 aliphatic rings. The highest BCUT2D eigenvalue weighted by atomic mass is 35.5. The second-order valence-electron chi connectivity index (χ2n) is 2.67. The van der Waals surface area contributed by atoms with Gasteiger partial charge in [0.05, 0.1) is 6.42 Å². The SMILES string of the molecule is C#CCOC(=O)Cc1ccc(Cl)cc1. The van der Waals surface area contributed by atoms with Crippen molar-refractivity contribution in [2.75, 3.05) is 6.61 Å². The Morgan fingerprint density at radius 1 is 1.43 bits per heavy atom. The third-order valence-electron chi connectivity index (χ3n) is 1.58. The summed E-state index contributed by atoms with van der Waals surface area (Å²) in [6, 6.07) is 7.01. The van der Waals surface area contributed by atoms with Crippen LogP contribution in [0.4, 0.5) is 0 Å². The van der Waals surface area contributed by atoms with E-state index in [1.807, 2.05) is 0 Å². The summed E-state index contributed by atoms with van der Waals surface area (Å²) in [4.78, 5) is 11.1. The molecule has 2 nitrogen and oxygen atoms in total. The van der Waals surface area contributed by atoms with Crippen molar-refractivity contribution in [3.05, 3.63) is 34.9 Å². The zero-order valence-corrected chi connectivity index (χ0v) is 8.25. The summed E-state index contributed by atoms with van der Waals surface area (Å²) >= 11 is 5.69. The van der Waals surface area contributed by atoms with Gasteiger partial charge < -0.3 is 4.74 Å². The Bertz CT molecular complexity index is 349. The topological polar surface area (TPSA) is 26.3 Å². The molecule has 0 saturated carbocycles. The molecule has 0 aliphatic heterocycles. The molecule has 14 heavy (non-hydrogen) atoms. The molecule has 0 atom stereocenters. The van der Waals surface area contributed by atoms with E-state index in [0.29, 0.717) is 5.02 Å². The maximum atomic E-state index is 11.1. The number of hydrogen-bond acceptors (Lipinski definition) is 2. The van der Waals surface area contributed by atoms with Crippen LogP contribution < -0.4 is 0 Å². The molecule has 3 heteroatoms. The molecule has 72 valence electrons. The second-order valence-corrected chi connectivity index (χ2v) is 3.10. The van der Waals surface area contributed by atoms with Crippen molar-refractivity contribution in [2.24, 2.45) is 0 Å².